The number of benzene rings is 1. The number of carbonyl (C=O) groups is 2. The number of amides is 1. The van der Waals surface area contributed by atoms with Gasteiger partial charge in [-0.05, 0) is 30.5 Å². The molecule has 1 heterocycles. The molecule has 1 aliphatic carbocycles. The zero-order chi connectivity index (χ0) is 15.7. The second-order valence-corrected chi connectivity index (χ2v) is 6.76. The van der Waals surface area contributed by atoms with E-state index in [1.54, 1.807) is 17.0 Å². The van der Waals surface area contributed by atoms with Crippen LogP contribution in [0.1, 0.15) is 37.2 Å². The molecule has 1 saturated carbocycles. The normalized spacial score (nSPS) is 25.6. The number of hydrogen-bond acceptors (Lipinski definition) is 2. The second kappa shape index (κ2) is 6.29. The highest BCUT2D eigenvalue weighted by Crippen LogP contribution is 2.36. The van der Waals surface area contributed by atoms with Gasteiger partial charge in [0.2, 0.25) is 5.91 Å². The number of likely N-dealkylation sites (tertiary alicyclic amines) is 1. The van der Waals surface area contributed by atoms with Gasteiger partial charge in [0, 0.05) is 29.9 Å². The Balaban J connectivity index is 1.78. The Labute approximate surface area is 135 Å². The van der Waals surface area contributed by atoms with Crippen molar-refractivity contribution in [1.29, 1.82) is 0 Å². The number of carbonyl (C=O) groups excluding carboxylic acids is 1. The van der Waals surface area contributed by atoms with Crippen LogP contribution in [0.5, 0.6) is 0 Å². The summed E-state index contributed by atoms with van der Waals surface area (Å²) in [5.41, 5.74) is 0.943. The van der Waals surface area contributed by atoms with Crippen LogP contribution in [0.15, 0.2) is 24.3 Å². The van der Waals surface area contributed by atoms with Crippen LogP contribution in [0, 0.1) is 11.8 Å². The highest BCUT2D eigenvalue weighted by molar-refractivity contribution is 6.30. The molecule has 1 aromatic rings. The molecular formula is C17H20ClNO3. The molecule has 2 atom stereocenters. The van der Waals surface area contributed by atoms with Crippen molar-refractivity contribution in [3.05, 3.63) is 34.9 Å². The van der Waals surface area contributed by atoms with Crippen molar-refractivity contribution in [2.45, 2.75) is 31.6 Å². The molecule has 2 aliphatic rings. The number of rotatable bonds is 3. The minimum atomic E-state index is -0.832. The molecule has 2 fully saturated rings. The van der Waals surface area contributed by atoms with Gasteiger partial charge in [0.15, 0.2) is 0 Å². The van der Waals surface area contributed by atoms with Crippen LogP contribution in [0.2, 0.25) is 5.02 Å². The summed E-state index contributed by atoms with van der Waals surface area (Å²) in [6.45, 7) is 0.811. The Bertz CT molecular complexity index is 566. The van der Waals surface area contributed by atoms with Crippen molar-refractivity contribution >= 4 is 23.5 Å². The van der Waals surface area contributed by atoms with E-state index in [1.165, 1.54) is 0 Å². The molecule has 118 valence electrons. The smallest absolute Gasteiger partial charge is 0.308 e. The summed E-state index contributed by atoms with van der Waals surface area (Å²) in [5, 5.41) is 10.1. The number of carboxylic acids is 1. The maximum Gasteiger partial charge on any atom is 0.308 e. The first-order valence-electron chi connectivity index (χ1n) is 7.83. The molecule has 1 aliphatic heterocycles. The minimum absolute atomic E-state index is 0.0958. The predicted molar refractivity (Wildman–Crippen MR) is 83.9 cm³/mol. The Morgan fingerprint density at radius 2 is 1.73 bits per heavy atom. The van der Waals surface area contributed by atoms with Gasteiger partial charge in [-0.25, -0.2) is 0 Å². The first-order chi connectivity index (χ1) is 10.6. The zero-order valence-electron chi connectivity index (χ0n) is 12.4. The van der Waals surface area contributed by atoms with Gasteiger partial charge in [-0.2, -0.15) is 0 Å². The first kappa shape index (κ1) is 15.3. The molecular weight excluding hydrogens is 302 g/mol. The third-order valence-corrected chi connectivity index (χ3v) is 5.20. The molecule has 1 saturated heterocycles. The second-order valence-electron chi connectivity index (χ2n) is 6.33. The lowest BCUT2D eigenvalue weighted by Gasteiger charge is -2.20. The number of carboxylic acid groups (broad SMARTS) is 1. The van der Waals surface area contributed by atoms with E-state index in [1.807, 2.05) is 12.1 Å². The maximum atomic E-state index is 12.6. The first-order valence-corrected chi connectivity index (χ1v) is 8.21. The monoisotopic (exact) mass is 321 g/mol. The van der Waals surface area contributed by atoms with E-state index >= 15 is 0 Å². The lowest BCUT2D eigenvalue weighted by Crippen LogP contribution is -2.34. The molecule has 5 heteroatoms. The highest BCUT2D eigenvalue weighted by Gasteiger charge is 2.42. The lowest BCUT2D eigenvalue weighted by molar-refractivity contribution is -0.142. The Hall–Kier alpha value is -1.55. The van der Waals surface area contributed by atoms with Gasteiger partial charge in [0.05, 0.1) is 5.92 Å². The van der Waals surface area contributed by atoms with Gasteiger partial charge in [-0.15, -0.1) is 0 Å². The quantitative estimate of drug-likeness (QED) is 0.930. The van der Waals surface area contributed by atoms with Gasteiger partial charge in [-0.1, -0.05) is 36.6 Å². The summed E-state index contributed by atoms with van der Waals surface area (Å²) in [7, 11) is 0. The van der Waals surface area contributed by atoms with Crippen molar-refractivity contribution in [3.63, 3.8) is 0 Å². The third kappa shape index (κ3) is 2.98. The van der Waals surface area contributed by atoms with Gasteiger partial charge in [-0.3, -0.25) is 9.59 Å². The van der Waals surface area contributed by atoms with Crippen LogP contribution in [0.4, 0.5) is 0 Å². The fourth-order valence-electron chi connectivity index (χ4n) is 3.71. The molecule has 0 spiro atoms. The van der Waals surface area contributed by atoms with E-state index < -0.39 is 11.9 Å². The molecule has 0 bridgehead atoms. The largest absolute Gasteiger partial charge is 0.481 e. The molecule has 0 radical (unpaired) electrons. The maximum absolute atomic E-state index is 12.6. The Morgan fingerprint density at radius 1 is 1.09 bits per heavy atom. The highest BCUT2D eigenvalue weighted by atomic mass is 35.5. The molecule has 0 aromatic heterocycles. The van der Waals surface area contributed by atoms with E-state index in [-0.39, 0.29) is 17.7 Å². The van der Waals surface area contributed by atoms with Gasteiger partial charge >= 0.3 is 5.97 Å². The lowest BCUT2D eigenvalue weighted by atomic mass is 9.89. The summed E-state index contributed by atoms with van der Waals surface area (Å²) in [6.07, 6.45) is 4.10. The molecule has 22 heavy (non-hydrogen) atoms. The van der Waals surface area contributed by atoms with Gasteiger partial charge in [0.1, 0.15) is 0 Å². The van der Waals surface area contributed by atoms with E-state index in [9.17, 15) is 14.7 Å². The van der Waals surface area contributed by atoms with Crippen molar-refractivity contribution in [2.75, 3.05) is 13.1 Å². The van der Waals surface area contributed by atoms with Crippen LogP contribution in [-0.4, -0.2) is 35.0 Å². The zero-order valence-corrected chi connectivity index (χ0v) is 13.1. The van der Waals surface area contributed by atoms with Crippen molar-refractivity contribution < 1.29 is 14.7 Å². The molecule has 1 amide bonds. The van der Waals surface area contributed by atoms with Crippen molar-refractivity contribution in [2.24, 2.45) is 11.8 Å². The summed E-state index contributed by atoms with van der Waals surface area (Å²) in [5.74, 6) is -1.29. The molecule has 3 rings (SSSR count). The molecule has 0 unspecified atom stereocenters. The summed E-state index contributed by atoms with van der Waals surface area (Å²) in [6, 6.07) is 7.29. The number of nitrogens with zero attached hydrogens (tertiary/aromatic N) is 1. The fourth-order valence-corrected chi connectivity index (χ4v) is 3.84. The Kier molecular flexibility index (Phi) is 4.39. The summed E-state index contributed by atoms with van der Waals surface area (Å²) in [4.78, 5) is 25.9. The van der Waals surface area contributed by atoms with Crippen LogP contribution >= 0.6 is 11.6 Å². The topological polar surface area (TPSA) is 57.6 Å². The average molecular weight is 322 g/mol. The number of hydrogen-bond donors (Lipinski definition) is 1. The predicted octanol–water partition coefficient (Wildman–Crippen LogP) is 3.16. The van der Waals surface area contributed by atoms with Crippen LogP contribution < -0.4 is 0 Å². The van der Waals surface area contributed by atoms with Gasteiger partial charge < -0.3 is 10.0 Å². The molecule has 4 nitrogen and oxygen atoms in total. The SMILES string of the molecule is O=C(O)[C@@H]1CN(C(=O)C2CCCC2)C[C@H]1c1ccc(Cl)cc1. The van der Waals surface area contributed by atoms with Crippen LogP contribution in [0.25, 0.3) is 0 Å². The third-order valence-electron chi connectivity index (χ3n) is 4.95. The van der Waals surface area contributed by atoms with E-state index in [4.69, 9.17) is 11.6 Å². The minimum Gasteiger partial charge on any atom is -0.481 e. The van der Waals surface area contributed by atoms with Crippen LogP contribution in [0.3, 0.4) is 0 Å². The number of aliphatic carboxylic acids is 1. The standard InChI is InChI=1S/C17H20ClNO3/c18-13-7-5-11(6-8-13)14-9-19(10-15(14)17(21)22)16(20)12-3-1-2-4-12/h5-8,12,14-15H,1-4,9-10H2,(H,21,22)/t14-,15+/m0/s1. The summed E-state index contributed by atoms with van der Waals surface area (Å²) < 4.78 is 0. The van der Waals surface area contributed by atoms with Crippen molar-refractivity contribution in [1.82, 2.24) is 4.90 Å². The fraction of sp³-hybridized carbons (Fsp3) is 0.529. The van der Waals surface area contributed by atoms with Gasteiger partial charge in [0.25, 0.3) is 0 Å². The van der Waals surface area contributed by atoms with E-state index in [2.05, 4.69) is 0 Å². The molecule has 1 aromatic carbocycles. The van der Waals surface area contributed by atoms with Crippen LogP contribution in [-0.2, 0) is 9.59 Å². The van der Waals surface area contributed by atoms with Crippen molar-refractivity contribution in [3.8, 4) is 0 Å². The Morgan fingerprint density at radius 3 is 2.32 bits per heavy atom. The average Bonchev–Trinajstić information content (AvgIpc) is 3.17. The van der Waals surface area contributed by atoms with E-state index in [0.29, 0.717) is 18.1 Å². The number of halogens is 1. The van der Waals surface area contributed by atoms with E-state index in [0.717, 1.165) is 31.2 Å². The summed E-state index contributed by atoms with van der Waals surface area (Å²) >= 11 is 5.90. The molecule has 1 N–H and O–H groups in total.